The van der Waals surface area contributed by atoms with E-state index in [4.69, 9.17) is 21.7 Å². The predicted molar refractivity (Wildman–Crippen MR) is 114 cm³/mol. The Kier molecular flexibility index (Phi) is 5.68. The molecule has 29 heavy (non-hydrogen) atoms. The number of likely N-dealkylation sites (tertiary alicyclic amines) is 1. The Morgan fingerprint density at radius 2 is 2.21 bits per heavy atom. The lowest BCUT2D eigenvalue weighted by Gasteiger charge is -2.27. The summed E-state index contributed by atoms with van der Waals surface area (Å²) in [4.78, 5) is 16.2. The highest BCUT2D eigenvalue weighted by atomic mass is 32.1. The highest BCUT2D eigenvalue weighted by molar-refractivity contribution is 7.71. The Morgan fingerprint density at radius 1 is 1.34 bits per heavy atom. The van der Waals surface area contributed by atoms with E-state index in [1.165, 1.54) is 0 Å². The van der Waals surface area contributed by atoms with Crippen LogP contribution in [0.5, 0.6) is 11.5 Å². The zero-order valence-electron chi connectivity index (χ0n) is 16.3. The Balaban J connectivity index is 1.62. The number of ether oxygens (including phenoxy) is 2. The normalized spacial score (nSPS) is 16.2. The molecule has 7 nitrogen and oxygen atoms in total. The molecule has 3 aromatic rings. The number of hydrogen-bond acceptors (Lipinski definition) is 6. The van der Waals surface area contributed by atoms with Crippen molar-refractivity contribution < 1.29 is 14.3 Å². The number of H-pyrrole nitrogens is 1. The summed E-state index contributed by atoms with van der Waals surface area (Å²) in [7, 11) is 3.28. The first-order chi connectivity index (χ1) is 14.1. The molecule has 0 saturated carbocycles. The number of aromatic amines is 1. The van der Waals surface area contributed by atoms with E-state index < -0.39 is 0 Å². The molecule has 3 heterocycles. The first kappa shape index (κ1) is 19.7. The summed E-state index contributed by atoms with van der Waals surface area (Å²) in [6.07, 6.45) is 1.81. The summed E-state index contributed by atoms with van der Waals surface area (Å²) in [6, 6.07) is 9.57. The van der Waals surface area contributed by atoms with Gasteiger partial charge in [-0.1, -0.05) is 6.07 Å². The van der Waals surface area contributed by atoms with Gasteiger partial charge in [0, 0.05) is 12.1 Å². The molecule has 4 rings (SSSR count). The van der Waals surface area contributed by atoms with Gasteiger partial charge >= 0.3 is 0 Å². The van der Waals surface area contributed by atoms with Gasteiger partial charge in [-0.25, -0.2) is 0 Å². The summed E-state index contributed by atoms with van der Waals surface area (Å²) in [5.41, 5.74) is 0.965. The van der Waals surface area contributed by atoms with Gasteiger partial charge < -0.3 is 14.4 Å². The Labute approximate surface area is 177 Å². The maximum absolute atomic E-state index is 13.3. The highest BCUT2D eigenvalue weighted by Gasteiger charge is 2.32. The van der Waals surface area contributed by atoms with Gasteiger partial charge in [-0.3, -0.25) is 14.5 Å². The molecule has 2 aromatic heterocycles. The largest absolute Gasteiger partial charge is 0.497 e. The first-order valence-corrected chi connectivity index (χ1v) is 10.6. The minimum absolute atomic E-state index is 0.00711. The van der Waals surface area contributed by atoms with Crippen molar-refractivity contribution in [3.63, 3.8) is 0 Å². The molecule has 1 unspecified atom stereocenters. The molecular weight excluding hydrogens is 408 g/mol. The number of nitrogens with zero attached hydrogens (tertiary/aromatic N) is 3. The Hall–Kier alpha value is -2.65. The van der Waals surface area contributed by atoms with Crippen molar-refractivity contribution in [3.8, 4) is 22.2 Å². The van der Waals surface area contributed by atoms with Gasteiger partial charge in [0.05, 0.1) is 25.1 Å². The second-order valence-corrected chi connectivity index (χ2v) is 8.10. The number of methoxy groups -OCH3 is 2. The van der Waals surface area contributed by atoms with Gasteiger partial charge in [-0.05, 0) is 54.7 Å². The number of benzene rings is 1. The van der Waals surface area contributed by atoms with E-state index >= 15 is 0 Å². The third kappa shape index (κ3) is 3.79. The van der Waals surface area contributed by atoms with E-state index in [1.807, 2.05) is 40.6 Å². The molecule has 1 amide bonds. The lowest BCUT2D eigenvalue weighted by atomic mass is 10.0. The van der Waals surface area contributed by atoms with E-state index in [9.17, 15) is 4.79 Å². The minimum Gasteiger partial charge on any atom is -0.497 e. The molecule has 1 aliphatic rings. The molecule has 1 aliphatic heterocycles. The molecule has 152 valence electrons. The number of nitrogens with one attached hydrogen (secondary N) is 1. The van der Waals surface area contributed by atoms with Crippen LogP contribution >= 0.6 is 23.6 Å². The third-order valence-corrected chi connectivity index (χ3v) is 6.34. The fourth-order valence-corrected chi connectivity index (χ4v) is 4.69. The van der Waals surface area contributed by atoms with Crippen molar-refractivity contribution in [2.24, 2.45) is 0 Å². The van der Waals surface area contributed by atoms with E-state index in [0.29, 0.717) is 17.1 Å². The highest BCUT2D eigenvalue weighted by Crippen LogP contribution is 2.39. The molecule has 0 bridgehead atoms. The number of aromatic nitrogens is 3. The van der Waals surface area contributed by atoms with Gasteiger partial charge in [0.25, 0.3) is 0 Å². The molecule has 0 spiro atoms. The summed E-state index contributed by atoms with van der Waals surface area (Å²) < 4.78 is 13.1. The number of rotatable bonds is 6. The summed E-state index contributed by atoms with van der Waals surface area (Å²) in [5, 5.41) is 9.10. The molecule has 1 atom stereocenters. The van der Waals surface area contributed by atoms with E-state index in [2.05, 4.69) is 10.2 Å². The molecule has 1 fully saturated rings. The molecule has 0 radical (unpaired) electrons. The van der Waals surface area contributed by atoms with Crippen LogP contribution in [-0.4, -0.2) is 46.3 Å². The Bertz CT molecular complexity index is 1060. The summed E-state index contributed by atoms with van der Waals surface area (Å²) in [5.74, 6) is 2.20. The van der Waals surface area contributed by atoms with Crippen molar-refractivity contribution in [3.05, 3.63) is 46.0 Å². The maximum Gasteiger partial charge on any atom is 0.243 e. The summed E-state index contributed by atoms with van der Waals surface area (Å²) >= 11 is 6.94. The molecule has 0 aliphatic carbocycles. The van der Waals surface area contributed by atoms with E-state index in [1.54, 1.807) is 30.1 Å². The number of carbonyl (C=O) groups excluding carboxylic acids is 1. The van der Waals surface area contributed by atoms with Crippen LogP contribution in [0.25, 0.3) is 10.7 Å². The van der Waals surface area contributed by atoms with Crippen LogP contribution in [0.15, 0.2) is 35.7 Å². The second-order valence-electron chi connectivity index (χ2n) is 6.77. The standard InChI is InChI=1S/C20H22N4O3S2/c1-26-13-7-8-16(27-2)14(11-13)15-5-3-9-23(15)18(25)12-24-19(21-22-20(24)28)17-6-4-10-29-17/h4,6-8,10-11,15H,3,5,9,12H2,1-2H3,(H,22,28). The van der Waals surface area contributed by atoms with Crippen LogP contribution in [0.4, 0.5) is 0 Å². The lowest BCUT2D eigenvalue weighted by molar-refractivity contribution is -0.132. The fourth-order valence-electron chi connectivity index (χ4n) is 3.77. The first-order valence-electron chi connectivity index (χ1n) is 9.33. The van der Waals surface area contributed by atoms with Crippen molar-refractivity contribution in [1.82, 2.24) is 19.7 Å². The zero-order valence-corrected chi connectivity index (χ0v) is 17.9. The van der Waals surface area contributed by atoms with Gasteiger partial charge in [-0.2, -0.15) is 5.10 Å². The van der Waals surface area contributed by atoms with Crippen LogP contribution in [0.1, 0.15) is 24.4 Å². The van der Waals surface area contributed by atoms with E-state index in [-0.39, 0.29) is 18.5 Å². The molecule has 9 heteroatoms. The Morgan fingerprint density at radius 3 is 2.93 bits per heavy atom. The number of hydrogen-bond donors (Lipinski definition) is 1. The van der Waals surface area contributed by atoms with Crippen molar-refractivity contribution in [1.29, 1.82) is 0 Å². The summed E-state index contributed by atoms with van der Waals surface area (Å²) in [6.45, 7) is 0.842. The molecule has 1 N–H and O–H groups in total. The number of amides is 1. The van der Waals surface area contributed by atoms with Gasteiger partial charge in [-0.15, -0.1) is 11.3 Å². The predicted octanol–water partition coefficient (Wildman–Crippen LogP) is 4.05. The minimum atomic E-state index is -0.0567. The average Bonchev–Trinajstić information content (AvgIpc) is 3.49. The molecular formula is C20H22N4O3S2. The van der Waals surface area contributed by atoms with Crippen molar-refractivity contribution in [2.75, 3.05) is 20.8 Å². The fraction of sp³-hybridized carbons (Fsp3) is 0.350. The van der Waals surface area contributed by atoms with Gasteiger partial charge in [0.2, 0.25) is 5.91 Å². The SMILES string of the molecule is COc1ccc(OC)c(C2CCCN2C(=O)Cn2c(-c3cccs3)n[nH]c2=S)c1. The zero-order chi connectivity index (χ0) is 20.4. The van der Waals surface area contributed by atoms with Crippen LogP contribution in [0.3, 0.4) is 0 Å². The van der Waals surface area contributed by atoms with E-state index in [0.717, 1.165) is 34.8 Å². The van der Waals surface area contributed by atoms with Crippen LogP contribution < -0.4 is 9.47 Å². The smallest absolute Gasteiger partial charge is 0.243 e. The molecule has 1 aromatic carbocycles. The topological polar surface area (TPSA) is 72.4 Å². The second kappa shape index (κ2) is 8.38. The average molecular weight is 431 g/mol. The van der Waals surface area contributed by atoms with Crippen molar-refractivity contribution >= 4 is 29.5 Å². The van der Waals surface area contributed by atoms with Crippen molar-refractivity contribution in [2.45, 2.75) is 25.4 Å². The molecule has 1 saturated heterocycles. The van der Waals surface area contributed by atoms with Crippen LogP contribution in [0.2, 0.25) is 0 Å². The van der Waals surface area contributed by atoms with Gasteiger partial charge in [0.1, 0.15) is 18.0 Å². The maximum atomic E-state index is 13.3. The third-order valence-electron chi connectivity index (χ3n) is 5.16. The quantitative estimate of drug-likeness (QED) is 0.598. The van der Waals surface area contributed by atoms with Crippen LogP contribution in [0, 0.1) is 4.77 Å². The monoisotopic (exact) mass is 430 g/mol. The van der Waals surface area contributed by atoms with Gasteiger partial charge in [0.15, 0.2) is 10.6 Å². The number of carbonyl (C=O) groups is 1. The van der Waals surface area contributed by atoms with Crippen LogP contribution in [-0.2, 0) is 11.3 Å². The number of thiophene rings is 1. The lowest BCUT2D eigenvalue weighted by Crippen LogP contribution is -2.33.